The quantitative estimate of drug-likeness (QED) is 0.399. The molecule has 0 saturated carbocycles. The van der Waals surface area contributed by atoms with Crippen LogP contribution in [0.25, 0.3) is 11.1 Å². The Balaban J connectivity index is 2.08. The molecule has 0 saturated heterocycles. The first-order valence-corrected chi connectivity index (χ1v) is 10.4. The number of ether oxygens (including phenoxy) is 1. The number of carbonyl (C=O) groups excluding carboxylic acids is 1. The molecule has 0 aliphatic carbocycles. The van der Waals surface area contributed by atoms with E-state index in [0.29, 0.717) is 29.4 Å². The van der Waals surface area contributed by atoms with E-state index in [1.165, 1.54) is 0 Å². The summed E-state index contributed by atoms with van der Waals surface area (Å²) in [6.07, 6.45) is 0.384. The van der Waals surface area contributed by atoms with E-state index >= 15 is 0 Å². The minimum Gasteiger partial charge on any atom is -0.497 e. The van der Waals surface area contributed by atoms with E-state index in [1.807, 2.05) is 67.6 Å². The second-order valence-corrected chi connectivity index (χ2v) is 7.77. The molecule has 3 aromatic carbocycles. The van der Waals surface area contributed by atoms with Gasteiger partial charge in [-0.1, -0.05) is 64.8 Å². The lowest BCUT2D eigenvalue weighted by atomic mass is 10.0. The maximum atomic E-state index is 12.1. The van der Waals surface area contributed by atoms with Crippen LogP contribution in [0.15, 0.2) is 65.1 Å². The predicted octanol–water partition coefficient (Wildman–Crippen LogP) is 6.74. The first-order chi connectivity index (χ1) is 14.0. The molecule has 0 aromatic heterocycles. The van der Waals surface area contributed by atoms with Crippen LogP contribution in [0, 0.1) is 0 Å². The lowest BCUT2D eigenvalue weighted by Crippen LogP contribution is -2.13. The van der Waals surface area contributed by atoms with Crippen molar-refractivity contribution >= 4 is 44.8 Å². The molecule has 0 atom stereocenters. The number of amides is 1. The number of halogens is 2. The van der Waals surface area contributed by atoms with Crippen LogP contribution < -0.4 is 15.4 Å². The highest BCUT2D eigenvalue weighted by Crippen LogP contribution is 2.39. The molecule has 0 bridgehead atoms. The zero-order valence-electron chi connectivity index (χ0n) is 16.3. The van der Waals surface area contributed by atoms with Gasteiger partial charge in [-0.15, -0.1) is 0 Å². The van der Waals surface area contributed by atoms with E-state index in [9.17, 15) is 4.79 Å². The van der Waals surface area contributed by atoms with Gasteiger partial charge in [0.15, 0.2) is 0 Å². The maximum absolute atomic E-state index is 12.1. The molecule has 2 N–H and O–H groups in total. The van der Waals surface area contributed by atoms with Crippen molar-refractivity contribution in [2.24, 2.45) is 0 Å². The van der Waals surface area contributed by atoms with Crippen LogP contribution in [-0.4, -0.2) is 13.0 Å². The average molecular weight is 474 g/mol. The lowest BCUT2D eigenvalue weighted by molar-refractivity contribution is -0.115. The molecule has 0 spiro atoms. The van der Waals surface area contributed by atoms with Crippen molar-refractivity contribution < 1.29 is 9.53 Å². The molecule has 0 radical (unpaired) electrons. The summed E-state index contributed by atoms with van der Waals surface area (Å²) < 4.78 is 6.48. The minimum atomic E-state index is -0.0687. The van der Waals surface area contributed by atoms with Crippen molar-refractivity contribution in [1.82, 2.24) is 0 Å². The molecule has 0 aliphatic heterocycles. The van der Waals surface area contributed by atoms with Crippen molar-refractivity contribution in [3.63, 3.8) is 0 Å². The molecule has 150 valence electrons. The number of hydrogen-bond acceptors (Lipinski definition) is 3. The third kappa shape index (κ3) is 5.31. The van der Waals surface area contributed by atoms with Crippen molar-refractivity contribution in [2.75, 3.05) is 17.7 Å². The Hall–Kier alpha value is -2.50. The predicted molar refractivity (Wildman–Crippen MR) is 124 cm³/mol. The average Bonchev–Trinajstić information content (AvgIpc) is 2.73. The van der Waals surface area contributed by atoms with Gasteiger partial charge in [-0.2, -0.15) is 0 Å². The van der Waals surface area contributed by atoms with Crippen LogP contribution in [0.3, 0.4) is 0 Å². The second kappa shape index (κ2) is 9.81. The molecule has 29 heavy (non-hydrogen) atoms. The summed E-state index contributed by atoms with van der Waals surface area (Å²) in [7, 11) is 1.61. The standard InChI is InChI=1S/C23H22BrClN2O2/c1-3-22(28)27-21-13-18(29-2)12-19(15-8-10-17(24)11-9-15)23(21)26-14-16-6-4-5-7-20(16)25/h4-13,26H,3,14H2,1-2H3,(H,27,28). The van der Waals surface area contributed by atoms with Crippen LogP contribution in [0.1, 0.15) is 18.9 Å². The van der Waals surface area contributed by atoms with E-state index in [-0.39, 0.29) is 5.91 Å². The third-order valence-electron chi connectivity index (χ3n) is 4.51. The Morgan fingerprint density at radius 2 is 1.83 bits per heavy atom. The topological polar surface area (TPSA) is 50.4 Å². The normalized spacial score (nSPS) is 10.5. The number of nitrogens with one attached hydrogen (secondary N) is 2. The fraction of sp³-hybridized carbons (Fsp3) is 0.174. The van der Waals surface area contributed by atoms with Crippen LogP contribution in [0.4, 0.5) is 11.4 Å². The second-order valence-electron chi connectivity index (χ2n) is 6.45. The van der Waals surface area contributed by atoms with Crippen molar-refractivity contribution in [2.45, 2.75) is 19.9 Å². The molecule has 0 unspecified atom stereocenters. The monoisotopic (exact) mass is 472 g/mol. The molecule has 4 nitrogen and oxygen atoms in total. The molecule has 3 rings (SSSR count). The van der Waals surface area contributed by atoms with Gasteiger partial charge in [0.05, 0.1) is 18.5 Å². The van der Waals surface area contributed by atoms with Crippen LogP contribution in [-0.2, 0) is 11.3 Å². The highest BCUT2D eigenvalue weighted by molar-refractivity contribution is 9.10. The maximum Gasteiger partial charge on any atom is 0.224 e. The molecule has 1 amide bonds. The van der Waals surface area contributed by atoms with E-state index < -0.39 is 0 Å². The zero-order valence-corrected chi connectivity index (χ0v) is 18.6. The van der Waals surface area contributed by atoms with Gasteiger partial charge in [0.2, 0.25) is 5.91 Å². The molecule has 3 aromatic rings. The largest absolute Gasteiger partial charge is 0.497 e. The summed E-state index contributed by atoms with van der Waals surface area (Å²) in [6, 6.07) is 19.5. The van der Waals surface area contributed by atoms with Crippen LogP contribution >= 0.6 is 27.5 Å². The van der Waals surface area contributed by atoms with E-state index in [1.54, 1.807) is 7.11 Å². The van der Waals surface area contributed by atoms with Crippen LogP contribution in [0.5, 0.6) is 5.75 Å². The number of methoxy groups -OCH3 is 1. The third-order valence-corrected chi connectivity index (χ3v) is 5.41. The van der Waals surface area contributed by atoms with Gasteiger partial charge in [-0.25, -0.2) is 0 Å². The Labute approximate surface area is 184 Å². The molecular weight excluding hydrogens is 452 g/mol. The number of carbonyl (C=O) groups is 1. The van der Waals surface area contributed by atoms with Gasteiger partial charge in [-0.05, 0) is 35.4 Å². The lowest BCUT2D eigenvalue weighted by Gasteiger charge is -2.19. The summed E-state index contributed by atoms with van der Waals surface area (Å²) in [5, 5.41) is 7.14. The molecule has 0 aliphatic rings. The summed E-state index contributed by atoms with van der Waals surface area (Å²) in [5.74, 6) is 0.596. The summed E-state index contributed by atoms with van der Waals surface area (Å²) in [5.41, 5.74) is 4.38. The fourth-order valence-electron chi connectivity index (χ4n) is 2.94. The van der Waals surface area contributed by atoms with Gasteiger partial charge >= 0.3 is 0 Å². The van der Waals surface area contributed by atoms with Crippen molar-refractivity contribution in [3.05, 3.63) is 75.7 Å². The fourth-order valence-corrected chi connectivity index (χ4v) is 3.41. The summed E-state index contributed by atoms with van der Waals surface area (Å²) >= 11 is 9.80. The van der Waals surface area contributed by atoms with Crippen molar-refractivity contribution in [3.8, 4) is 16.9 Å². The molecule has 0 heterocycles. The van der Waals surface area contributed by atoms with Crippen molar-refractivity contribution in [1.29, 1.82) is 0 Å². The number of rotatable bonds is 7. The Morgan fingerprint density at radius 1 is 1.10 bits per heavy atom. The number of hydrogen-bond donors (Lipinski definition) is 2. The Morgan fingerprint density at radius 3 is 2.48 bits per heavy atom. The van der Waals surface area contributed by atoms with Gasteiger partial charge in [0.1, 0.15) is 5.75 Å². The van der Waals surface area contributed by atoms with Gasteiger partial charge in [0.25, 0.3) is 0 Å². The van der Waals surface area contributed by atoms with Gasteiger partial charge in [-0.3, -0.25) is 4.79 Å². The van der Waals surface area contributed by atoms with Gasteiger partial charge < -0.3 is 15.4 Å². The Bertz CT molecular complexity index is 1010. The minimum absolute atomic E-state index is 0.0687. The molecule has 6 heteroatoms. The summed E-state index contributed by atoms with van der Waals surface area (Å²) in [6.45, 7) is 2.34. The number of benzene rings is 3. The smallest absolute Gasteiger partial charge is 0.224 e. The van der Waals surface area contributed by atoms with Crippen LogP contribution in [0.2, 0.25) is 5.02 Å². The van der Waals surface area contributed by atoms with Gasteiger partial charge in [0, 0.05) is 34.1 Å². The summed E-state index contributed by atoms with van der Waals surface area (Å²) in [4.78, 5) is 12.1. The van der Waals surface area contributed by atoms with E-state index in [0.717, 1.165) is 26.9 Å². The zero-order chi connectivity index (χ0) is 20.8. The van der Waals surface area contributed by atoms with E-state index in [4.69, 9.17) is 16.3 Å². The highest BCUT2D eigenvalue weighted by atomic mass is 79.9. The first-order valence-electron chi connectivity index (χ1n) is 9.27. The highest BCUT2D eigenvalue weighted by Gasteiger charge is 2.15. The van der Waals surface area contributed by atoms with E-state index in [2.05, 4.69) is 26.6 Å². The molecule has 0 fully saturated rings. The first kappa shape index (κ1) is 21.2. The molecular formula is C23H22BrClN2O2. The number of anilines is 2. The Kier molecular flexibility index (Phi) is 7.18. The SMILES string of the molecule is CCC(=O)Nc1cc(OC)cc(-c2ccc(Br)cc2)c1NCc1ccccc1Cl.